The molecular formula is C16H29N5O2. The molecule has 0 bridgehead atoms. The van der Waals surface area contributed by atoms with Crippen LogP contribution in [0.15, 0.2) is 6.07 Å². The maximum atomic E-state index is 12.2. The van der Waals surface area contributed by atoms with E-state index in [1.807, 2.05) is 27.0 Å². The van der Waals surface area contributed by atoms with Crippen molar-refractivity contribution in [2.24, 2.45) is 7.05 Å². The lowest BCUT2D eigenvalue weighted by Gasteiger charge is -2.41. The molecule has 7 heteroatoms. The third-order valence-electron chi connectivity index (χ3n) is 4.30. The lowest BCUT2D eigenvalue weighted by molar-refractivity contribution is -0.118. The predicted molar refractivity (Wildman–Crippen MR) is 90.3 cm³/mol. The molecule has 1 amide bonds. The van der Waals surface area contributed by atoms with E-state index in [-0.39, 0.29) is 12.0 Å². The van der Waals surface area contributed by atoms with E-state index >= 15 is 0 Å². The van der Waals surface area contributed by atoms with Gasteiger partial charge in [0, 0.05) is 45.3 Å². The quantitative estimate of drug-likeness (QED) is 0.795. The van der Waals surface area contributed by atoms with Gasteiger partial charge in [-0.15, -0.1) is 0 Å². The van der Waals surface area contributed by atoms with Crippen LogP contribution >= 0.6 is 0 Å². The molecule has 1 aromatic heterocycles. The van der Waals surface area contributed by atoms with Crippen LogP contribution in [0.4, 0.5) is 5.82 Å². The zero-order valence-corrected chi connectivity index (χ0v) is 14.6. The van der Waals surface area contributed by atoms with Crippen LogP contribution in [0, 0.1) is 6.92 Å². The van der Waals surface area contributed by atoms with Gasteiger partial charge in [0.05, 0.1) is 18.3 Å². The number of β-amino-alcohol motifs (C(OH)–C–C–N with tert-alkyl or cyclic N) is 1. The Bertz CT molecular complexity index is 529. The minimum Gasteiger partial charge on any atom is -0.392 e. The second kappa shape index (κ2) is 7.90. The number of aryl methyl sites for hydroxylation is 2. The van der Waals surface area contributed by atoms with Gasteiger partial charge in [-0.1, -0.05) is 6.92 Å². The monoisotopic (exact) mass is 323 g/mol. The summed E-state index contributed by atoms with van der Waals surface area (Å²) in [6.07, 6.45) is 0.707. The van der Waals surface area contributed by atoms with Gasteiger partial charge in [-0.05, 0) is 20.3 Å². The van der Waals surface area contributed by atoms with E-state index in [0.29, 0.717) is 19.1 Å². The SMILES string of the molecule is CCC1CN(CC(=O)Nc2cc(C)nn2C)CCN1CC(C)O. The molecule has 1 fully saturated rings. The molecule has 1 aliphatic heterocycles. The van der Waals surface area contributed by atoms with Gasteiger partial charge in [0.15, 0.2) is 0 Å². The molecule has 1 aromatic rings. The lowest BCUT2D eigenvalue weighted by Crippen LogP contribution is -2.55. The van der Waals surface area contributed by atoms with E-state index < -0.39 is 0 Å². The highest BCUT2D eigenvalue weighted by molar-refractivity contribution is 5.91. The molecule has 2 unspecified atom stereocenters. The van der Waals surface area contributed by atoms with Crippen molar-refractivity contribution in [1.82, 2.24) is 19.6 Å². The van der Waals surface area contributed by atoms with Crippen molar-refractivity contribution in [1.29, 1.82) is 0 Å². The molecule has 1 aliphatic rings. The van der Waals surface area contributed by atoms with Gasteiger partial charge < -0.3 is 10.4 Å². The average molecular weight is 323 g/mol. The normalized spacial score (nSPS) is 21.3. The summed E-state index contributed by atoms with van der Waals surface area (Å²) >= 11 is 0. The third kappa shape index (κ3) is 5.02. The molecule has 1 saturated heterocycles. The van der Waals surface area contributed by atoms with Crippen molar-refractivity contribution >= 4 is 11.7 Å². The standard InChI is InChI=1S/C16H29N5O2/c1-5-14-10-20(6-7-21(14)9-13(3)22)11-16(23)17-15-8-12(2)18-19(15)4/h8,13-14,22H,5-7,9-11H2,1-4H3,(H,17,23). The van der Waals surface area contributed by atoms with Crippen LogP contribution < -0.4 is 5.32 Å². The van der Waals surface area contributed by atoms with Crippen molar-refractivity contribution in [2.75, 3.05) is 38.0 Å². The van der Waals surface area contributed by atoms with Crippen molar-refractivity contribution < 1.29 is 9.90 Å². The van der Waals surface area contributed by atoms with Gasteiger partial charge >= 0.3 is 0 Å². The molecule has 23 heavy (non-hydrogen) atoms. The number of aromatic nitrogens is 2. The Balaban J connectivity index is 1.86. The zero-order valence-electron chi connectivity index (χ0n) is 14.6. The molecule has 130 valence electrons. The number of hydrogen-bond donors (Lipinski definition) is 2. The Labute approximate surface area is 138 Å². The number of aliphatic hydroxyl groups is 1. The first-order valence-corrected chi connectivity index (χ1v) is 8.34. The highest BCUT2D eigenvalue weighted by atomic mass is 16.3. The minimum atomic E-state index is -0.313. The van der Waals surface area contributed by atoms with Crippen LogP contribution in [-0.4, -0.2) is 75.5 Å². The molecule has 2 N–H and O–H groups in total. The molecule has 2 atom stereocenters. The molecule has 0 aromatic carbocycles. The number of nitrogens with one attached hydrogen (secondary N) is 1. The van der Waals surface area contributed by atoms with Gasteiger partial charge in [-0.25, -0.2) is 0 Å². The Kier molecular flexibility index (Phi) is 6.15. The molecule has 0 aliphatic carbocycles. The van der Waals surface area contributed by atoms with Crippen LogP contribution in [0.5, 0.6) is 0 Å². The molecule has 0 saturated carbocycles. The number of carbonyl (C=O) groups excluding carboxylic acids is 1. The largest absolute Gasteiger partial charge is 0.392 e. The third-order valence-corrected chi connectivity index (χ3v) is 4.30. The maximum absolute atomic E-state index is 12.2. The molecule has 2 heterocycles. The molecule has 7 nitrogen and oxygen atoms in total. The fourth-order valence-corrected chi connectivity index (χ4v) is 3.18. The fraction of sp³-hybridized carbons (Fsp3) is 0.750. The number of amides is 1. The van der Waals surface area contributed by atoms with Crippen molar-refractivity contribution in [2.45, 2.75) is 39.3 Å². The number of nitrogens with zero attached hydrogens (tertiary/aromatic N) is 4. The first kappa shape index (κ1) is 17.9. The molecular weight excluding hydrogens is 294 g/mol. The summed E-state index contributed by atoms with van der Waals surface area (Å²) in [5.41, 5.74) is 0.889. The Hall–Kier alpha value is -1.44. The smallest absolute Gasteiger partial charge is 0.239 e. The fourth-order valence-electron chi connectivity index (χ4n) is 3.18. The number of aliphatic hydroxyl groups excluding tert-OH is 1. The van der Waals surface area contributed by atoms with E-state index in [1.54, 1.807) is 4.68 Å². The van der Waals surface area contributed by atoms with Crippen molar-refractivity contribution in [3.63, 3.8) is 0 Å². The van der Waals surface area contributed by atoms with E-state index in [1.165, 1.54) is 0 Å². The second-order valence-corrected chi connectivity index (χ2v) is 6.48. The summed E-state index contributed by atoms with van der Waals surface area (Å²) in [6.45, 7) is 9.58. The lowest BCUT2D eigenvalue weighted by atomic mass is 10.1. The number of carbonyl (C=O) groups is 1. The van der Waals surface area contributed by atoms with Gasteiger partial charge in [0.2, 0.25) is 5.91 Å². The summed E-state index contributed by atoms with van der Waals surface area (Å²) in [5.74, 6) is 0.721. The average Bonchev–Trinajstić information content (AvgIpc) is 2.77. The second-order valence-electron chi connectivity index (χ2n) is 6.48. The van der Waals surface area contributed by atoms with Gasteiger partial charge in [-0.2, -0.15) is 5.10 Å². The van der Waals surface area contributed by atoms with E-state index in [4.69, 9.17) is 0 Å². The number of anilines is 1. The summed E-state index contributed by atoms with van der Waals surface area (Å²) in [5, 5.41) is 16.7. The Morgan fingerprint density at radius 1 is 1.52 bits per heavy atom. The van der Waals surface area contributed by atoms with Gasteiger partial charge in [0.25, 0.3) is 0 Å². The Morgan fingerprint density at radius 3 is 2.83 bits per heavy atom. The molecule has 0 radical (unpaired) electrons. The van der Waals surface area contributed by atoms with Gasteiger partial charge in [-0.3, -0.25) is 19.3 Å². The maximum Gasteiger partial charge on any atom is 0.239 e. The number of hydrogen-bond acceptors (Lipinski definition) is 5. The zero-order chi connectivity index (χ0) is 17.0. The predicted octanol–water partition coefficient (Wildman–Crippen LogP) is 0.444. The van der Waals surface area contributed by atoms with Crippen LogP contribution in [0.25, 0.3) is 0 Å². The summed E-state index contributed by atoms with van der Waals surface area (Å²) in [7, 11) is 1.82. The van der Waals surface area contributed by atoms with E-state index in [9.17, 15) is 9.90 Å². The summed E-state index contributed by atoms with van der Waals surface area (Å²) in [4.78, 5) is 16.8. The molecule has 2 rings (SSSR count). The number of piperazine rings is 1. The van der Waals surface area contributed by atoms with Gasteiger partial charge in [0.1, 0.15) is 5.82 Å². The first-order valence-electron chi connectivity index (χ1n) is 8.34. The van der Waals surface area contributed by atoms with E-state index in [2.05, 4.69) is 27.1 Å². The van der Waals surface area contributed by atoms with Crippen LogP contribution in [-0.2, 0) is 11.8 Å². The Morgan fingerprint density at radius 2 is 2.26 bits per heavy atom. The molecule has 0 spiro atoms. The topological polar surface area (TPSA) is 73.6 Å². The first-order chi connectivity index (χ1) is 10.9. The van der Waals surface area contributed by atoms with Crippen LogP contribution in [0.3, 0.4) is 0 Å². The minimum absolute atomic E-state index is 0.00757. The highest BCUT2D eigenvalue weighted by Gasteiger charge is 2.27. The summed E-state index contributed by atoms with van der Waals surface area (Å²) in [6, 6.07) is 2.26. The van der Waals surface area contributed by atoms with Crippen molar-refractivity contribution in [3.05, 3.63) is 11.8 Å². The number of rotatable bonds is 6. The van der Waals surface area contributed by atoms with E-state index in [0.717, 1.165) is 37.6 Å². The summed E-state index contributed by atoms with van der Waals surface area (Å²) < 4.78 is 1.68. The highest BCUT2D eigenvalue weighted by Crippen LogP contribution is 2.14. The van der Waals surface area contributed by atoms with Crippen LogP contribution in [0.1, 0.15) is 26.0 Å². The van der Waals surface area contributed by atoms with Crippen molar-refractivity contribution in [3.8, 4) is 0 Å². The van der Waals surface area contributed by atoms with Crippen LogP contribution in [0.2, 0.25) is 0 Å².